The molecule has 2 aromatic rings. The minimum Gasteiger partial charge on any atom is -0.478 e. The number of carbonyl (C=O) groups is 1. The molecule has 0 aliphatic rings. The number of carboxylic acid groups (broad SMARTS) is 1. The smallest absolute Gasteiger partial charge is 0.335 e. The van der Waals surface area contributed by atoms with Crippen molar-refractivity contribution in [2.45, 2.75) is 6.92 Å². The Hall–Kier alpha value is -1.52. The Kier molecular flexibility index (Phi) is 4.12. The Morgan fingerprint density at radius 1 is 1.26 bits per heavy atom. The molecular weight excluding hydrogens is 332 g/mol. The van der Waals surface area contributed by atoms with Crippen LogP contribution in [0.5, 0.6) is 11.5 Å². The molecule has 2 aromatic carbocycles. The van der Waals surface area contributed by atoms with Crippen LogP contribution in [0, 0.1) is 6.92 Å². The highest BCUT2D eigenvalue weighted by Gasteiger charge is 2.09. The minimum absolute atomic E-state index is 0.266. The second kappa shape index (κ2) is 5.63. The van der Waals surface area contributed by atoms with Crippen LogP contribution in [0.4, 0.5) is 0 Å². The van der Waals surface area contributed by atoms with E-state index in [1.807, 2.05) is 0 Å². The maximum atomic E-state index is 10.9. The first-order valence-corrected chi connectivity index (χ1v) is 6.61. The molecule has 19 heavy (non-hydrogen) atoms. The molecule has 0 aliphatic heterocycles. The predicted octanol–water partition coefficient (Wildman–Crippen LogP) is 4.90. The maximum Gasteiger partial charge on any atom is 0.335 e. The van der Waals surface area contributed by atoms with Crippen LogP contribution in [-0.4, -0.2) is 11.1 Å². The Morgan fingerprint density at radius 2 is 2.00 bits per heavy atom. The van der Waals surface area contributed by atoms with E-state index in [1.54, 1.807) is 37.3 Å². The van der Waals surface area contributed by atoms with Crippen LogP contribution in [0.1, 0.15) is 15.9 Å². The van der Waals surface area contributed by atoms with Gasteiger partial charge in [0.05, 0.1) is 10.0 Å². The summed E-state index contributed by atoms with van der Waals surface area (Å²) in [5.41, 5.74) is 0.914. The van der Waals surface area contributed by atoms with E-state index in [0.717, 1.165) is 4.47 Å². The average Bonchev–Trinajstić information content (AvgIpc) is 2.32. The Bertz CT molecular complexity index is 641. The first-order valence-electron chi connectivity index (χ1n) is 5.44. The molecule has 0 radical (unpaired) electrons. The zero-order chi connectivity index (χ0) is 14.0. The van der Waals surface area contributed by atoms with Crippen LogP contribution >= 0.6 is 27.5 Å². The van der Waals surface area contributed by atoms with Gasteiger partial charge in [0.25, 0.3) is 0 Å². The summed E-state index contributed by atoms with van der Waals surface area (Å²) in [4.78, 5) is 10.9. The Morgan fingerprint density at radius 3 is 2.58 bits per heavy atom. The molecular formula is C14H10BrClO3. The van der Waals surface area contributed by atoms with Gasteiger partial charge in [0, 0.05) is 5.02 Å². The van der Waals surface area contributed by atoms with Gasteiger partial charge in [-0.15, -0.1) is 0 Å². The molecule has 2 rings (SSSR count). The molecule has 0 saturated heterocycles. The lowest BCUT2D eigenvalue weighted by molar-refractivity contribution is 0.0696. The summed E-state index contributed by atoms with van der Waals surface area (Å²) in [6.07, 6.45) is 0. The molecule has 0 atom stereocenters. The SMILES string of the molecule is Cc1cc(Oc2ccc(Cl)cc2Br)ccc1C(=O)O. The zero-order valence-corrected chi connectivity index (χ0v) is 12.3. The van der Waals surface area contributed by atoms with Crippen molar-refractivity contribution in [3.05, 3.63) is 57.0 Å². The van der Waals surface area contributed by atoms with E-state index in [-0.39, 0.29) is 5.56 Å². The largest absolute Gasteiger partial charge is 0.478 e. The number of aryl methyl sites for hydroxylation is 1. The first-order chi connectivity index (χ1) is 8.97. The van der Waals surface area contributed by atoms with Crippen molar-refractivity contribution in [1.82, 2.24) is 0 Å². The molecule has 98 valence electrons. The molecule has 0 saturated carbocycles. The molecule has 0 heterocycles. The fourth-order valence-electron chi connectivity index (χ4n) is 1.62. The number of hydrogen-bond acceptors (Lipinski definition) is 2. The summed E-state index contributed by atoms with van der Waals surface area (Å²) in [6, 6.07) is 10.0. The molecule has 0 spiro atoms. The van der Waals surface area contributed by atoms with Gasteiger partial charge in [0.2, 0.25) is 0 Å². The number of ether oxygens (including phenoxy) is 1. The lowest BCUT2D eigenvalue weighted by atomic mass is 10.1. The minimum atomic E-state index is -0.947. The van der Waals surface area contributed by atoms with Gasteiger partial charge >= 0.3 is 5.97 Å². The fraction of sp³-hybridized carbons (Fsp3) is 0.0714. The molecule has 0 aliphatic carbocycles. The molecule has 3 nitrogen and oxygen atoms in total. The molecule has 1 N–H and O–H groups in total. The van der Waals surface area contributed by atoms with Crippen molar-refractivity contribution in [1.29, 1.82) is 0 Å². The zero-order valence-electron chi connectivity index (χ0n) is 9.98. The Labute approximate surface area is 123 Å². The highest BCUT2D eigenvalue weighted by molar-refractivity contribution is 9.10. The van der Waals surface area contributed by atoms with E-state index in [2.05, 4.69) is 15.9 Å². The van der Waals surface area contributed by atoms with Gasteiger partial charge in [-0.25, -0.2) is 4.79 Å². The summed E-state index contributed by atoms with van der Waals surface area (Å²) in [5, 5.41) is 9.57. The summed E-state index contributed by atoms with van der Waals surface area (Å²) < 4.78 is 6.42. The van der Waals surface area contributed by atoms with Gasteiger partial charge in [-0.3, -0.25) is 0 Å². The van der Waals surface area contributed by atoms with E-state index in [1.165, 1.54) is 6.07 Å². The number of aromatic carboxylic acids is 1. The molecule has 0 aromatic heterocycles. The molecule has 0 fully saturated rings. The van der Waals surface area contributed by atoms with Crippen molar-refractivity contribution in [2.24, 2.45) is 0 Å². The monoisotopic (exact) mass is 340 g/mol. The van der Waals surface area contributed by atoms with Crippen LogP contribution in [0.2, 0.25) is 5.02 Å². The number of carboxylic acids is 1. The maximum absolute atomic E-state index is 10.9. The third-order valence-electron chi connectivity index (χ3n) is 2.55. The lowest BCUT2D eigenvalue weighted by Gasteiger charge is -2.09. The normalized spacial score (nSPS) is 10.3. The molecule has 5 heteroatoms. The van der Waals surface area contributed by atoms with Crippen LogP contribution < -0.4 is 4.74 Å². The van der Waals surface area contributed by atoms with Crippen molar-refractivity contribution in [2.75, 3.05) is 0 Å². The summed E-state index contributed by atoms with van der Waals surface area (Å²) in [6.45, 7) is 1.73. The average molecular weight is 342 g/mol. The van der Waals surface area contributed by atoms with Crippen molar-refractivity contribution < 1.29 is 14.6 Å². The first kappa shape index (κ1) is 13.9. The summed E-state index contributed by atoms with van der Waals surface area (Å²) in [5.74, 6) is 0.245. The number of halogens is 2. The van der Waals surface area contributed by atoms with E-state index in [4.69, 9.17) is 21.4 Å². The fourth-order valence-corrected chi connectivity index (χ4v) is 2.39. The summed E-state index contributed by atoms with van der Waals surface area (Å²) in [7, 11) is 0. The van der Waals surface area contributed by atoms with Crippen LogP contribution in [0.3, 0.4) is 0 Å². The van der Waals surface area contributed by atoms with Crippen LogP contribution in [-0.2, 0) is 0 Å². The van der Waals surface area contributed by atoms with Crippen molar-refractivity contribution in [3.8, 4) is 11.5 Å². The number of rotatable bonds is 3. The van der Waals surface area contributed by atoms with Crippen molar-refractivity contribution >= 4 is 33.5 Å². The molecule has 0 bridgehead atoms. The number of hydrogen-bond donors (Lipinski definition) is 1. The topological polar surface area (TPSA) is 46.5 Å². The van der Waals surface area contributed by atoms with E-state index < -0.39 is 5.97 Å². The lowest BCUT2D eigenvalue weighted by Crippen LogP contribution is -1.99. The highest BCUT2D eigenvalue weighted by Crippen LogP contribution is 2.32. The van der Waals surface area contributed by atoms with E-state index in [9.17, 15) is 4.79 Å². The van der Waals surface area contributed by atoms with E-state index in [0.29, 0.717) is 22.1 Å². The van der Waals surface area contributed by atoms with Gasteiger partial charge in [0.15, 0.2) is 0 Å². The van der Waals surface area contributed by atoms with Gasteiger partial charge in [-0.2, -0.15) is 0 Å². The van der Waals surface area contributed by atoms with Crippen molar-refractivity contribution in [3.63, 3.8) is 0 Å². The van der Waals surface area contributed by atoms with Gasteiger partial charge in [0.1, 0.15) is 11.5 Å². The molecule has 0 amide bonds. The quantitative estimate of drug-likeness (QED) is 0.863. The van der Waals surface area contributed by atoms with E-state index >= 15 is 0 Å². The van der Waals surface area contributed by atoms with Gasteiger partial charge in [-0.05, 0) is 64.8 Å². The van der Waals surface area contributed by atoms with Crippen LogP contribution in [0.15, 0.2) is 40.9 Å². The Balaban J connectivity index is 2.29. The number of benzene rings is 2. The van der Waals surface area contributed by atoms with Gasteiger partial charge < -0.3 is 9.84 Å². The van der Waals surface area contributed by atoms with Crippen LogP contribution in [0.25, 0.3) is 0 Å². The standard InChI is InChI=1S/C14H10BrClO3/c1-8-6-10(3-4-11(8)14(17)18)19-13-5-2-9(16)7-12(13)15/h2-7H,1H3,(H,17,18). The second-order valence-electron chi connectivity index (χ2n) is 3.96. The highest BCUT2D eigenvalue weighted by atomic mass is 79.9. The predicted molar refractivity (Wildman–Crippen MR) is 77.4 cm³/mol. The van der Waals surface area contributed by atoms with Gasteiger partial charge in [-0.1, -0.05) is 11.6 Å². The second-order valence-corrected chi connectivity index (χ2v) is 5.25. The third-order valence-corrected chi connectivity index (χ3v) is 3.40. The third kappa shape index (κ3) is 3.28. The molecule has 0 unspecified atom stereocenters. The summed E-state index contributed by atoms with van der Waals surface area (Å²) >= 11 is 9.21.